The fourth-order valence-electron chi connectivity index (χ4n) is 2.95. The van der Waals surface area contributed by atoms with E-state index in [1.807, 2.05) is 0 Å². The lowest BCUT2D eigenvalue weighted by Gasteiger charge is -2.33. The summed E-state index contributed by atoms with van der Waals surface area (Å²) in [5, 5.41) is 4.07. The van der Waals surface area contributed by atoms with E-state index in [4.69, 9.17) is 4.52 Å². The van der Waals surface area contributed by atoms with Gasteiger partial charge in [0.2, 0.25) is 5.89 Å². The fraction of sp³-hybridized carbons (Fsp3) is 0.846. The van der Waals surface area contributed by atoms with Crippen molar-refractivity contribution in [3.05, 3.63) is 11.7 Å². The van der Waals surface area contributed by atoms with Gasteiger partial charge in [0.05, 0.1) is 6.54 Å². The van der Waals surface area contributed by atoms with Crippen LogP contribution in [0, 0.1) is 11.8 Å². The number of hydrogen-bond acceptors (Lipinski definition) is 4. The zero-order valence-corrected chi connectivity index (χ0v) is 10.7. The molecule has 1 aromatic heterocycles. The van der Waals surface area contributed by atoms with E-state index >= 15 is 0 Å². The molecule has 2 atom stereocenters. The maximum atomic E-state index is 5.34. The van der Waals surface area contributed by atoms with Crippen molar-refractivity contribution in [2.45, 2.75) is 45.6 Å². The first-order valence-corrected chi connectivity index (χ1v) is 6.75. The van der Waals surface area contributed by atoms with Crippen molar-refractivity contribution < 1.29 is 4.52 Å². The molecule has 1 aliphatic heterocycles. The molecule has 0 spiro atoms. The molecule has 94 valence electrons. The van der Waals surface area contributed by atoms with E-state index in [1.54, 1.807) is 0 Å². The minimum absolute atomic E-state index is 0.590. The van der Waals surface area contributed by atoms with Crippen LogP contribution in [-0.4, -0.2) is 28.1 Å². The summed E-state index contributed by atoms with van der Waals surface area (Å²) in [6, 6.07) is 0. The van der Waals surface area contributed by atoms with E-state index < -0.39 is 0 Å². The van der Waals surface area contributed by atoms with Crippen molar-refractivity contribution in [2.75, 3.05) is 13.1 Å². The van der Waals surface area contributed by atoms with Gasteiger partial charge in [-0.25, -0.2) is 0 Å². The highest BCUT2D eigenvalue weighted by Gasteiger charge is 2.29. The number of hydrogen-bond donors (Lipinski definition) is 0. The number of piperidine rings is 1. The topological polar surface area (TPSA) is 42.2 Å². The second kappa shape index (κ2) is 4.41. The van der Waals surface area contributed by atoms with Crippen molar-refractivity contribution in [1.82, 2.24) is 15.0 Å². The van der Waals surface area contributed by atoms with Gasteiger partial charge in [-0.3, -0.25) is 4.90 Å². The third-order valence-corrected chi connectivity index (χ3v) is 3.73. The monoisotopic (exact) mass is 235 g/mol. The number of rotatable bonds is 3. The Morgan fingerprint density at radius 2 is 1.94 bits per heavy atom. The van der Waals surface area contributed by atoms with Gasteiger partial charge in [-0.05, 0) is 31.1 Å². The lowest BCUT2D eigenvalue weighted by Crippen LogP contribution is -2.38. The van der Waals surface area contributed by atoms with Crippen molar-refractivity contribution in [3.8, 4) is 0 Å². The van der Waals surface area contributed by atoms with Gasteiger partial charge in [0.25, 0.3) is 0 Å². The summed E-state index contributed by atoms with van der Waals surface area (Å²) >= 11 is 0. The van der Waals surface area contributed by atoms with Gasteiger partial charge in [-0.1, -0.05) is 19.0 Å². The third kappa shape index (κ3) is 2.68. The van der Waals surface area contributed by atoms with Gasteiger partial charge in [0, 0.05) is 19.0 Å². The maximum absolute atomic E-state index is 5.34. The Kier molecular flexibility index (Phi) is 2.90. The summed E-state index contributed by atoms with van der Waals surface area (Å²) < 4.78 is 5.34. The largest absolute Gasteiger partial charge is 0.338 e. The molecule has 1 aromatic rings. The van der Waals surface area contributed by atoms with Crippen LogP contribution in [0.5, 0.6) is 0 Å². The quantitative estimate of drug-likeness (QED) is 0.807. The number of likely N-dealkylation sites (tertiary alicyclic amines) is 1. The van der Waals surface area contributed by atoms with Crippen molar-refractivity contribution in [3.63, 3.8) is 0 Å². The highest BCUT2D eigenvalue weighted by molar-refractivity contribution is 5.03. The zero-order chi connectivity index (χ0) is 11.8. The Bertz CT molecular complexity index is 376. The molecule has 0 bridgehead atoms. The molecule has 1 saturated carbocycles. The van der Waals surface area contributed by atoms with E-state index in [2.05, 4.69) is 28.9 Å². The van der Waals surface area contributed by atoms with Crippen molar-refractivity contribution in [2.24, 2.45) is 11.8 Å². The molecule has 4 heteroatoms. The highest BCUT2D eigenvalue weighted by atomic mass is 16.5. The first kappa shape index (κ1) is 11.2. The molecule has 1 saturated heterocycles. The Labute approximate surface area is 102 Å². The second-order valence-electron chi connectivity index (χ2n) is 5.96. The minimum atomic E-state index is 0.590. The van der Waals surface area contributed by atoms with Crippen LogP contribution >= 0.6 is 0 Å². The Morgan fingerprint density at radius 1 is 1.24 bits per heavy atom. The maximum Gasteiger partial charge on any atom is 0.240 e. The zero-order valence-electron chi connectivity index (χ0n) is 10.7. The molecule has 0 radical (unpaired) electrons. The first-order valence-electron chi connectivity index (χ1n) is 6.75. The van der Waals surface area contributed by atoms with Crippen LogP contribution in [0.3, 0.4) is 0 Å². The lowest BCUT2D eigenvalue weighted by molar-refractivity contribution is 0.121. The Hall–Kier alpha value is -0.900. The van der Waals surface area contributed by atoms with Gasteiger partial charge in [-0.2, -0.15) is 4.98 Å². The summed E-state index contributed by atoms with van der Waals surface area (Å²) in [6.45, 7) is 7.80. The van der Waals surface area contributed by atoms with Crippen LogP contribution in [-0.2, 0) is 6.54 Å². The van der Waals surface area contributed by atoms with Crippen LogP contribution in [0.2, 0.25) is 0 Å². The molecule has 0 amide bonds. The molecule has 17 heavy (non-hydrogen) atoms. The minimum Gasteiger partial charge on any atom is -0.338 e. The van der Waals surface area contributed by atoms with Gasteiger partial charge < -0.3 is 4.52 Å². The standard InChI is InChI=1S/C13H21N3O/c1-9-5-10(2)7-16(6-9)8-12-14-13(15-17-12)11-3-4-11/h9-11H,3-8H2,1-2H3/t9-,10+. The molecule has 3 rings (SSSR count). The van der Waals surface area contributed by atoms with E-state index in [-0.39, 0.29) is 0 Å². The smallest absolute Gasteiger partial charge is 0.240 e. The molecular formula is C13H21N3O. The highest BCUT2D eigenvalue weighted by Crippen LogP contribution is 2.38. The lowest BCUT2D eigenvalue weighted by atomic mass is 9.92. The van der Waals surface area contributed by atoms with Crippen LogP contribution in [0.15, 0.2) is 4.52 Å². The third-order valence-electron chi connectivity index (χ3n) is 3.73. The average Bonchev–Trinajstić information content (AvgIpc) is 2.99. The Balaban J connectivity index is 1.60. The summed E-state index contributed by atoms with van der Waals surface area (Å²) in [5.74, 6) is 3.88. The summed E-state index contributed by atoms with van der Waals surface area (Å²) in [6.07, 6.45) is 3.81. The molecule has 2 aliphatic rings. The van der Waals surface area contributed by atoms with Gasteiger partial charge >= 0.3 is 0 Å². The average molecular weight is 235 g/mol. The first-order chi connectivity index (χ1) is 8.20. The van der Waals surface area contributed by atoms with Crippen LogP contribution < -0.4 is 0 Å². The molecule has 0 aromatic carbocycles. The molecule has 0 N–H and O–H groups in total. The molecule has 1 aliphatic carbocycles. The summed E-state index contributed by atoms with van der Waals surface area (Å²) in [7, 11) is 0. The van der Waals surface area contributed by atoms with Crippen LogP contribution in [0.4, 0.5) is 0 Å². The predicted molar refractivity (Wildman–Crippen MR) is 64.5 cm³/mol. The van der Waals surface area contributed by atoms with Crippen molar-refractivity contribution in [1.29, 1.82) is 0 Å². The molecule has 2 fully saturated rings. The van der Waals surface area contributed by atoms with Crippen LogP contribution in [0.25, 0.3) is 0 Å². The van der Waals surface area contributed by atoms with E-state index in [1.165, 1.54) is 19.3 Å². The molecule has 4 nitrogen and oxygen atoms in total. The van der Waals surface area contributed by atoms with Gasteiger partial charge in [0.15, 0.2) is 5.82 Å². The number of aromatic nitrogens is 2. The molecule has 0 unspecified atom stereocenters. The number of nitrogens with zero attached hydrogens (tertiary/aromatic N) is 3. The van der Waals surface area contributed by atoms with Crippen LogP contribution in [0.1, 0.15) is 50.7 Å². The van der Waals surface area contributed by atoms with Gasteiger partial charge in [0.1, 0.15) is 0 Å². The van der Waals surface area contributed by atoms with E-state index in [9.17, 15) is 0 Å². The van der Waals surface area contributed by atoms with E-state index in [0.29, 0.717) is 5.92 Å². The second-order valence-corrected chi connectivity index (χ2v) is 5.96. The van der Waals surface area contributed by atoms with Crippen molar-refractivity contribution >= 4 is 0 Å². The summed E-state index contributed by atoms with van der Waals surface area (Å²) in [4.78, 5) is 6.94. The van der Waals surface area contributed by atoms with E-state index in [0.717, 1.165) is 43.2 Å². The SMILES string of the molecule is C[C@@H]1C[C@H](C)CN(Cc2nc(C3CC3)no2)C1. The Morgan fingerprint density at radius 3 is 2.59 bits per heavy atom. The summed E-state index contributed by atoms with van der Waals surface area (Å²) in [5.41, 5.74) is 0. The molecule has 2 heterocycles. The van der Waals surface area contributed by atoms with Gasteiger partial charge in [-0.15, -0.1) is 0 Å². The molecular weight excluding hydrogens is 214 g/mol. The fourth-order valence-corrected chi connectivity index (χ4v) is 2.95. The normalized spacial score (nSPS) is 30.7. The predicted octanol–water partition coefficient (Wildman–Crippen LogP) is 2.42.